The van der Waals surface area contributed by atoms with Crippen molar-refractivity contribution >= 4 is 6.72 Å². The summed E-state index contributed by atoms with van der Waals surface area (Å²) < 4.78 is 0. The Hall–Kier alpha value is -0.591. The van der Waals surface area contributed by atoms with Crippen LogP contribution in [0.4, 0.5) is 0 Å². The Kier molecular flexibility index (Phi) is 25.6. The molecule has 0 aliphatic carbocycles. The van der Waals surface area contributed by atoms with Crippen molar-refractivity contribution in [2.24, 2.45) is 0 Å². The Balaban J connectivity index is -0.000000114. The molecule has 1 rings (SSSR count). The van der Waals surface area contributed by atoms with Crippen molar-refractivity contribution in [2.75, 3.05) is 0 Å². The van der Waals surface area contributed by atoms with Crippen LogP contribution in [0.2, 0.25) is 0 Å². The Morgan fingerprint density at radius 3 is 1.50 bits per heavy atom. The first-order chi connectivity index (χ1) is 4.00. The van der Waals surface area contributed by atoms with E-state index in [1.54, 1.807) is 0 Å². The summed E-state index contributed by atoms with van der Waals surface area (Å²) >= 11 is 0. The van der Waals surface area contributed by atoms with Gasteiger partial charge in [-0.15, -0.1) is 0 Å². The van der Waals surface area contributed by atoms with Gasteiger partial charge in [0, 0.05) is 0 Å². The minimum Gasteiger partial charge on any atom is -0.817 e. The first kappa shape index (κ1) is 16.2. The Morgan fingerprint density at radius 1 is 1.00 bits per heavy atom. The Bertz CT molecular complexity index is 92.1. The standard InChI is InChI=1S/C6H5.CH2N.CH3.Mn/c1-2-4-6-5-3-1;1-2;;/h1-5H;1H2;1H3;/q3*-1;+3. The molecular weight excluding hydrogens is 165 g/mol. The zero-order valence-corrected chi connectivity index (χ0v) is 7.10. The first-order valence-electron chi connectivity index (χ1n) is 2.23. The second kappa shape index (κ2) is 15.8. The van der Waals surface area contributed by atoms with Crippen molar-refractivity contribution in [1.29, 1.82) is 0 Å². The minimum absolute atomic E-state index is 0. The van der Waals surface area contributed by atoms with E-state index in [1.807, 2.05) is 30.3 Å². The van der Waals surface area contributed by atoms with E-state index in [1.165, 1.54) is 0 Å². The first-order valence-corrected chi connectivity index (χ1v) is 2.23. The second-order valence-electron chi connectivity index (χ2n) is 1.08. The number of nitrogens with zero attached hydrogens (tertiary/aromatic N) is 1. The normalized spacial score (nSPS) is 5.20. The molecule has 54 valence electrons. The van der Waals surface area contributed by atoms with Crippen LogP contribution in [0.5, 0.6) is 0 Å². The van der Waals surface area contributed by atoms with Gasteiger partial charge in [-0.1, -0.05) is 0 Å². The van der Waals surface area contributed by atoms with Crippen LogP contribution in [0.15, 0.2) is 30.3 Å². The third-order valence-corrected chi connectivity index (χ3v) is 0.607. The summed E-state index contributed by atoms with van der Waals surface area (Å²) in [5.41, 5.74) is 0. The Labute approximate surface area is 73.5 Å². The van der Waals surface area contributed by atoms with Gasteiger partial charge in [-0.2, -0.15) is 36.4 Å². The fourth-order valence-electron chi connectivity index (χ4n) is 0.342. The third kappa shape index (κ3) is 10.4. The van der Waals surface area contributed by atoms with Crippen molar-refractivity contribution < 1.29 is 17.1 Å². The maximum Gasteiger partial charge on any atom is 3.00 e. The third-order valence-electron chi connectivity index (χ3n) is 0.607. The van der Waals surface area contributed by atoms with E-state index >= 15 is 0 Å². The van der Waals surface area contributed by atoms with Gasteiger partial charge in [-0.3, -0.25) is 0 Å². The van der Waals surface area contributed by atoms with E-state index in [0.29, 0.717) is 0 Å². The molecule has 0 saturated carbocycles. The molecule has 0 aliphatic heterocycles. The molecular formula is C8H10MnN. The summed E-state index contributed by atoms with van der Waals surface area (Å²) in [5.74, 6) is 0. The second-order valence-corrected chi connectivity index (χ2v) is 1.08. The average molecular weight is 175 g/mol. The van der Waals surface area contributed by atoms with Crippen LogP contribution < -0.4 is 0 Å². The van der Waals surface area contributed by atoms with Crippen molar-refractivity contribution in [2.45, 2.75) is 0 Å². The molecule has 0 atom stereocenters. The van der Waals surface area contributed by atoms with Crippen LogP contribution in [0.3, 0.4) is 0 Å². The summed E-state index contributed by atoms with van der Waals surface area (Å²) in [6.07, 6.45) is 0. The van der Waals surface area contributed by atoms with Crippen LogP contribution in [0, 0.1) is 13.5 Å². The van der Waals surface area contributed by atoms with Crippen molar-refractivity contribution in [3.63, 3.8) is 0 Å². The van der Waals surface area contributed by atoms with Crippen LogP contribution >= 0.6 is 0 Å². The molecule has 0 radical (unpaired) electrons. The molecule has 1 nitrogen and oxygen atoms in total. The van der Waals surface area contributed by atoms with Crippen molar-refractivity contribution in [3.05, 3.63) is 49.2 Å². The van der Waals surface area contributed by atoms with Gasteiger partial charge in [-0.05, 0) is 0 Å². The molecule has 2 heteroatoms. The molecule has 0 unspecified atom stereocenters. The van der Waals surface area contributed by atoms with Crippen molar-refractivity contribution in [1.82, 2.24) is 0 Å². The number of hydrogen-bond donors (Lipinski definition) is 0. The fourth-order valence-corrected chi connectivity index (χ4v) is 0.342. The summed E-state index contributed by atoms with van der Waals surface area (Å²) in [6.45, 7) is 2.25. The van der Waals surface area contributed by atoms with Crippen LogP contribution in [-0.2, 0) is 17.1 Å². The molecule has 1 aromatic carbocycles. The van der Waals surface area contributed by atoms with E-state index in [2.05, 4.69) is 12.8 Å². The predicted octanol–water partition coefficient (Wildman–Crippen LogP) is 2.19. The van der Waals surface area contributed by atoms with E-state index in [0.717, 1.165) is 0 Å². The van der Waals surface area contributed by atoms with Crippen molar-refractivity contribution in [3.8, 4) is 0 Å². The molecule has 0 aromatic heterocycles. The van der Waals surface area contributed by atoms with Crippen LogP contribution in [0.25, 0.3) is 5.41 Å². The van der Waals surface area contributed by atoms with E-state index < -0.39 is 0 Å². The van der Waals surface area contributed by atoms with Crippen LogP contribution in [-0.4, -0.2) is 6.72 Å². The van der Waals surface area contributed by atoms with Gasteiger partial charge >= 0.3 is 17.1 Å². The average Bonchev–Trinajstić information content (AvgIpc) is 1.96. The molecule has 0 saturated heterocycles. The summed E-state index contributed by atoms with van der Waals surface area (Å²) in [6, 6.07) is 12.5. The fraction of sp³-hybridized carbons (Fsp3) is 0. The van der Waals surface area contributed by atoms with Crippen LogP contribution in [0.1, 0.15) is 0 Å². The molecule has 0 heterocycles. The maximum atomic E-state index is 6.75. The maximum absolute atomic E-state index is 6.75. The van der Waals surface area contributed by atoms with Gasteiger partial charge in [-0.25, -0.2) is 6.72 Å². The molecule has 0 bridgehead atoms. The van der Waals surface area contributed by atoms with Gasteiger partial charge in [0.25, 0.3) is 0 Å². The topological polar surface area (TPSA) is 22.3 Å². The monoisotopic (exact) mass is 175 g/mol. The molecule has 0 fully saturated rings. The Morgan fingerprint density at radius 2 is 1.40 bits per heavy atom. The van der Waals surface area contributed by atoms with Gasteiger partial charge in [0.15, 0.2) is 0 Å². The quantitative estimate of drug-likeness (QED) is 0.327. The van der Waals surface area contributed by atoms with E-state index in [9.17, 15) is 0 Å². The van der Waals surface area contributed by atoms with Gasteiger partial charge in [0.05, 0.1) is 0 Å². The summed E-state index contributed by atoms with van der Waals surface area (Å²) in [4.78, 5) is 0. The largest absolute Gasteiger partial charge is 3.00 e. The SMILES string of the molecule is C=[N-].[CH3-].[Mn+3].[c-]1ccccc1. The zero-order chi connectivity index (χ0) is 6.24. The molecule has 1 aromatic rings. The predicted molar refractivity (Wildman–Crippen MR) is 42.2 cm³/mol. The molecule has 10 heavy (non-hydrogen) atoms. The van der Waals surface area contributed by atoms with Gasteiger partial charge < -0.3 is 12.8 Å². The smallest absolute Gasteiger partial charge is 0.817 e. The number of rotatable bonds is 0. The summed E-state index contributed by atoms with van der Waals surface area (Å²) in [7, 11) is 0. The van der Waals surface area contributed by atoms with Gasteiger partial charge in [0.2, 0.25) is 0 Å². The minimum atomic E-state index is 0. The van der Waals surface area contributed by atoms with Gasteiger partial charge in [0.1, 0.15) is 0 Å². The molecule has 0 aliphatic rings. The molecule has 0 amide bonds. The number of hydrogen-bond acceptors (Lipinski definition) is 0. The van der Waals surface area contributed by atoms with E-state index in [-0.39, 0.29) is 24.5 Å². The molecule has 0 spiro atoms. The number of benzene rings is 1. The van der Waals surface area contributed by atoms with E-state index in [4.69, 9.17) is 5.41 Å². The zero-order valence-electron chi connectivity index (χ0n) is 5.92. The molecule has 0 N–H and O–H groups in total. The summed E-state index contributed by atoms with van der Waals surface area (Å²) in [5, 5.41) is 6.75.